The van der Waals surface area contributed by atoms with Gasteiger partial charge in [0.15, 0.2) is 0 Å². The quantitative estimate of drug-likeness (QED) is 0.837. The summed E-state index contributed by atoms with van der Waals surface area (Å²) >= 11 is 3.44. The summed E-state index contributed by atoms with van der Waals surface area (Å²) in [6.07, 6.45) is 0. The van der Waals surface area contributed by atoms with E-state index in [0.717, 1.165) is 22.5 Å². The maximum atomic E-state index is 5.81. The van der Waals surface area contributed by atoms with Gasteiger partial charge in [-0.1, -0.05) is 34.1 Å². The van der Waals surface area contributed by atoms with E-state index in [0.29, 0.717) is 0 Å². The van der Waals surface area contributed by atoms with Gasteiger partial charge in [-0.2, -0.15) is 0 Å². The van der Waals surface area contributed by atoms with Gasteiger partial charge in [0.2, 0.25) is 0 Å². The molecule has 2 aromatic carbocycles. The molecule has 0 amide bonds. The van der Waals surface area contributed by atoms with Crippen LogP contribution in [0.25, 0.3) is 0 Å². The zero-order chi connectivity index (χ0) is 14.6. The summed E-state index contributed by atoms with van der Waals surface area (Å²) in [5.74, 6) is 1.68. The fourth-order valence-electron chi connectivity index (χ4n) is 1.71. The molecule has 2 nitrogen and oxygen atoms in total. The number of hydrogen-bond acceptors (Lipinski definition) is 2. The number of benzene rings is 2. The largest absolute Gasteiger partial charge is 0.457 e. The van der Waals surface area contributed by atoms with E-state index in [2.05, 4.69) is 54.2 Å². The van der Waals surface area contributed by atoms with Crippen LogP contribution in [0.3, 0.4) is 0 Å². The van der Waals surface area contributed by atoms with Crippen LogP contribution in [-0.4, -0.2) is 5.54 Å². The molecule has 1 N–H and O–H groups in total. The maximum absolute atomic E-state index is 5.81. The van der Waals surface area contributed by atoms with E-state index in [-0.39, 0.29) is 5.54 Å². The molecule has 2 aromatic rings. The van der Waals surface area contributed by atoms with Crippen molar-refractivity contribution in [2.45, 2.75) is 32.9 Å². The number of nitrogens with one attached hydrogen (secondary N) is 1. The molecule has 0 heterocycles. The van der Waals surface area contributed by atoms with Crippen molar-refractivity contribution in [3.05, 3.63) is 58.6 Å². The molecule has 2 rings (SSSR count). The molecule has 0 radical (unpaired) electrons. The van der Waals surface area contributed by atoms with Crippen molar-refractivity contribution in [3.63, 3.8) is 0 Å². The Balaban J connectivity index is 1.98. The highest BCUT2D eigenvalue weighted by Crippen LogP contribution is 2.24. The van der Waals surface area contributed by atoms with E-state index in [4.69, 9.17) is 4.74 Å². The minimum atomic E-state index is 0.130. The van der Waals surface area contributed by atoms with Crippen molar-refractivity contribution in [1.29, 1.82) is 0 Å². The Hall–Kier alpha value is -1.32. The Bertz CT molecular complexity index is 558. The zero-order valence-electron chi connectivity index (χ0n) is 12.1. The van der Waals surface area contributed by atoms with Gasteiger partial charge in [0.05, 0.1) is 0 Å². The highest BCUT2D eigenvalue weighted by atomic mass is 79.9. The topological polar surface area (TPSA) is 21.3 Å². The van der Waals surface area contributed by atoms with Crippen LogP contribution < -0.4 is 10.1 Å². The summed E-state index contributed by atoms with van der Waals surface area (Å²) in [6, 6.07) is 16.0. The predicted octanol–water partition coefficient (Wildman–Crippen LogP) is 5.13. The van der Waals surface area contributed by atoms with Crippen LogP contribution in [-0.2, 0) is 6.54 Å². The molecule has 0 bridgehead atoms. The molecule has 0 saturated carbocycles. The lowest BCUT2D eigenvalue weighted by atomic mass is 10.1. The molecule has 106 valence electrons. The standard InChI is InChI=1S/C17H20BrNO/c1-17(2,3)19-12-13-7-9-15(10-8-13)20-16-6-4-5-14(18)11-16/h4-11,19H,12H2,1-3H3. The molecular formula is C17H20BrNO. The number of rotatable bonds is 4. The minimum Gasteiger partial charge on any atom is -0.457 e. The van der Waals surface area contributed by atoms with Crippen LogP contribution in [0.15, 0.2) is 53.0 Å². The molecule has 0 aliphatic carbocycles. The van der Waals surface area contributed by atoms with Gasteiger partial charge in [0.1, 0.15) is 11.5 Å². The van der Waals surface area contributed by atoms with Gasteiger partial charge >= 0.3 is 0 Å². The average Bonchev–Trinajstić information content (AvgIpc) is 2.37. The zero-order valence-corrected chi connectivity index (χ0v) is 13.7. The molecule has 0 saturated heterocycles. The lowest BCUT2D eigenvalue weighted by Crippen LogP contribution is -2.34. The fraction of sp³-hybridized carbons (Fsp3) is 0.294. The van der Waals surface area contributed by atoms with Gasteiger partial charge in [-0.3, -0.25) is 0 Å². The van der Waals surface area contributed by atoms with Gasteiger partial charge in [-0.15, -0.1) is 0 Å². The summed E-state index contributed by atoms with van der Waals surface area (Å²) in [7, 11) is 0. The normalized spacial score (nSPS) is 11.4. The van der Waals surface area contributed by atoms with Crippen LogP contribution in [0.5, 0.6) is 11.5 Å². The second kappa shape index (κ2) is 6.42. The summed E-state index contributed by atoms with van der Waals surface area (Å²) < 4.78 is 6.82. The van der Waals surface area contributed by atoms with E-state index >= 15 is 0 Å². The first-order chi connectivity index (χ1) is 9.42. The van der Waals surface area contributed by atoms with Gasteiger partial charge < -0.3 is 10.1 Å². The first kappa shape index (κ1) is 15.1. The van der Waals surface area contributed by atoms with Crippen molar-refractivity contribution >= 4 is 15.9 Å². The monoisotopic (exact) mass is 333 g/mol. The van der Waals surface area contributed by atoms with Crippen LogP contribution in [0.4, 0.5) is 0 Å². The molecule has 0 aromatic heterocycles. The second-order valence-corrected chi connectivity index (χ2v) is 6.72. The van der Waals surface area contributed by atoms with Crippen molar-refractivity contribution in [2.24, 2.45) is 0 Å². The molecule has 3 heteroatoms. The first-order valence-electron chi connectivity index (χ1n) is 6.70. The third-order valence-corrected chi connectivity index (χ3v) is 3.27. The van der Waals surface area contributed by atoms with Gasteiger partial charge in [0.25, 0.3) is 0 Å². The highest BCUT2D eigenvalue weighted by molar-refractivity contribution is 9.10. The molecule has 20 heavy (non-hydrogen) atoms. The lowest BCUT2D eigenvalue weighted by molar-refractivity contribution is 0.424. The summed E-state index contributed by atoms with van der Waals surface area (Å²) in [5.41, 5.74) is 1.38. The minimum absolute atomic E-state index is 0.130. The molecule has 0 aliphatic heterocycles. The van der Waals surface area contributed by atoms with E-state index in [1.165, 1.54) is 5.56 Å². The van der Waals surface area contributed by atoms with Gasteiger partial charge in [-0.25, -0.2) is 0 Å². The Morgan fingerprint density at radius 2 is 1.70 bits per heavy atom. The SMILES string of the molecule is CC(C)(C)NCc1ccc(Oc2cccc(Br)c2)cc1. The summed E-state index contributed by atoms with van der Waals surface area (Å²) in [4.78, 5) is 0. The average molecular weight is 334 g/mol. The Morgan fingerprint density at radius 3 is 2.30 bits per heavy atom. The summed E-state index contributed by atoms with van der Waals surface area (Å²) in [6.45, 7) is 7.36. The molecular weight excluding hydrogens is 314 g/mol. The molecule has 0 fully saturated rings. The van der Waals surface area contributed by atoms with Crippen molar-refractivity contribution in [2.75, 3.05) is 0 Å². The number of ether oxygens (including phenoxy) is 1. The molecule has 0 aliphatic rings. The second-order valence-electron chi connectivity index (χ2n) is 5.81. The van der Waals surface area contributed by atoms with Gasteiger partial charge in [-0.05, 0) is 56.7 Å². The molecule has 0 atom stereocenters. The van der Waals surface area contributed by atoms with Gasteiger partial charge in [0, 0.05) is 16.6 Å². The predicted molar refractivity (Wildman–Crippen MR) is 87.3 cm³/mol. The van der Waals surface area contributed by atoms with Crippen LogP contribution in [0, 0.1) is 0 Å². The third-order valence-electron chi connectivity index (χ3n) is 2.78. The third kappa shape index (κ3) is 4.99. The molecule has 0 spiro atoms. The number of hydrogen-bond donors (Lipinski definition) is 1. The van der Waals surface area contributed by atoms with E-state index < -0.39 is 0 Å². The smallest absolute Gasteiger partial charge is 0.128 e. The maximum Gasteiger partial charge on any atom is 0.128 e. The molecule has 0 unspecified atom stereocenters. The Labute approximate surface area is 129 Å². The van der Waals surface area contributed by atoms with Crippen LogP contribution in [0.2, 0.25) is 0 Å². The van der Waals surface area contributed by atoms with E-state index in [1.54, 1.807) is 0 Å². The Morgan fingerprint density at radius 1 is 1.00 bits per heavy atom. The number of halogens is 1. The van der Waals surface area contributed by atoms with E-state index in [1.807, 2.05) is 36.4 Å². The fourth-order valence-corrected chi connectivity index (χ4v) is 2.09. The van der Waals surface area contributed by atoms with Crippen molar-refractivity contribution in [3.8, 4) is 11.5 Å². The van der Waals surface area contributed by atoms with Crippen LogP contribution >= 0.6 is 15.9 Å². The van der Waals surface area contributed by atoms with E-state index in [9.17, 15) is 0 Å². The first-order valence-corrected chi connectivity index (χ1v) is 7.49. The lowest BCUT2D eigenvalue weighted by Gasteiger charge is -2.20. The van der Waals surface area contributed by atoms with Crippen LogP contribution in [0.1, 0.15) is 26.3 Å². The highest BCUT2D eigenvalue weighted by Gasteiger charge is 2.08. The van der Waals surface area contributed by atoms with Crippen molar-refractivity contribution in [1.82, 2.24) is 5.32 Å². The Kier molecular flexibility index (Phi) is 4.84. The van der Waals surface area contributed by atoms with Crippen molar-refractivity contribution < 1.29 is 4.74 Å². The summed E-state index contributed by atoms with van der Waals surface area (Å²) in [5, 5.41) is 3.47.